The van der Waals surface area contributed by atoms with Gasteiger partial charge in [-0.05, 0) is 49.1 Å². The minimum atomic E-state index is -0.223. The summed E-state index contributed by atoms with van der Waals surface area (Å²) in [7, 11) is 1.58. The molecule has 0 unspecified atom stereocenters. The molecule has 3 N–H and O–H groups in total. The molecule has 6 rings (SSSR count). The largest absolute Gasteiger partial charge is 0.494 e. The van der Waals surface area contributed by atoms with E-state index in [0.717, 1.165) is 41.5 Å². The van der Waals surface area contributed by atoms with E-state index in [4.69, 9.17) is 14.9 Å². The average molecular weight is 481 g/mol. The molecule has 0 saturated carbocycles. The van der Waals surface area contributed by atoms with Gasteiger partial charge < -0.3 is 24.8 Å². The zero-order valence-corrected chi connectivity index (χ0v) is 19.7. The predicted octanol–water partition coefficient (Wildman–Crippen LogP) is 4.34. The zero-order valence-electron chi connectivity index (χ0n) is 19.7. The summed E-state index contributed by atoms with van der Waals surface area (Å²) in [6.07, 6.45) is 6.07. The average Bonchev–Trinajstić information content (AvgIpc) is 3.62. The van der Waals surface area contributed by atoms with Crippen LogP contribution in [0.15, 0.2) is 65.5 Å². The molecule has 9 heteroatoms. The van der Waals surface area contributed by atoms with Crippen molar-refractivity contribution in [3.63, 3.8) is 0 Å². The number of nitrogens with two attached hydrogens (primary N) is 1. The molecule has 0 atom stereocenters. The number of rotatable bonds is 6. The topological polar surface area (TPSA) is 121 Å². The first-order valence-electron chi connectivity index (χ1n) is 11.7. The van der Waals surface area contributed by atoms with Crippen molar-refractivity contribution < 1.29 is 13.9 Å². The number of nitrogen functional groups attached to an aromatic ring is 1. The number of nitrogens with zero attached hydrogens (tertiary/aromatic N) is 4. The van der Waals surface area contributed by atoms with Crippen molar-refractivity contribution in [2.45, 2.75) is 25.7 Å². The normalized spacial score (nSPS) is 12.6. The van der Waals surface area contributed by atoms with Gasteiger partial charge in [-0.1, -0.05) is 18.2 Å². The van der Waals surface area contributed by atoms with Crippen molar-refractivity contribution in [3.05, 3.63) is 78.1 Å². The highest BCUT2D eigenvalue weighted by molar-refractivity contribution is 5.94. The summed E-state index contributed by atoms with van der Waals surface area (Å²) in [4.78, 5) is 25.9. The molecule has 2 aromatic carbocycles. The van der Waals surface area contributed by atoms with E-state index in [9.17, 15) is 4.79 Å². The van der Waals surface area contributed by atoms with Crippen LogP contribution in [-0.2, 0) is 24.1 Å². The Morgan fingerprint density at radius 1 is 1.17 bits per heavy atom. The van der Waals surface area contributed by atoms with Gasteiger partial charge in [-0.15, -0.1) is 0 Å². The molecule has 180 valence electrons. The number of nitrogens with one attached hydrogen (secondary N) is 1. The summed E-state index contributed by atoms with van der Waals surface area (Å²) < 4.78 is 13.3. The monoisotopic (exact) mass is 480 g/mol. The molecule has 1 amide bonds. The molecule has 0 radical (unpaired) electrons. The summed E-state index contributed by atoms with van der Waals surface area (Å²) in [5.41, 5.74) is 13.2. The number of aryl methyl sites for hydroxylation is 1. The molecule has 1 aliphatic carbocycles. The molecule has 0 saturated heterocycles. The minimum Gasteiger partial charge on any atom is -0.494 e. The number of amides is 1. The fourth-order valence-electron chi connectivity index (χ4n) is 4.87. The van der Waals surface area contributed by atoms with Crippen molar-refractivity contribution >= 4 is 28.4 Å². The highest BCUT2D eigenvalue weighted by Crippen LogP contribution is 2.38. The van der Waals surface area contributed by atoms with Gasteiger partial charge in [0.05, 0.1) is 30.4 Å². The van der Waals surface area contributed by atoms with E-state index in [-0.39, 0.29) is 12.3 Å². The number of carbonyl (C=O) groups is 1. The Hall–Kier alpha value is -4.66. The molecule has 0 bridgehead atoms. The van der Waals surface area contributed by atoms with E-state index in [1.54, 1.807) is 7.11 Å². The Balaban J connectivity index is 1.27. The van der Waals surface area contributed by atoms with Gasteiger partial charge in [0.2, 0.25) is 11.8 Å². The number of benzene rings is 2. The molecule has 0 fully saturated rings. The predicted molar refractivity (Wildman–Crippen MR) is 136 cm³/mol. The Morgan fingerprint density at radius 2 is 2.03 bits per heavy atom. The molecule has 0 aliphatic heterocycles. The molecule has 9 nitrogen and oxygen atoms in total. The van der Waals surface area contributed by atoms with Crippen LogP contribution in [0, 0.1) is 0 Å². The lowest BCUT2D eigenvalue weighted by atomic mass is 10.2. The van der Waals surface area contributed by atoms with Crippen LogP contribution in [0.1, 0.15) is 23.4 Å². The third-order valence-corrected chi connectivity index (χ3v) is 6.45. The maximum absolute atomic E-state index is 12.8. The first-order valence-corrected chi connectivity index (χ1v) is 11.7. The van der Waals surface area contributed by atoms with Crippen LogP contribution in [0.5, 0.6) is 5.75 Å². The van der Waals surface area contributed by atoms with Gasteiger partial charge in [-0.25, -0.2) is 15.0 Å². The van der Waals surface area contributed by atoms with Crippen molar-refractivity contribution in [2.75, 3.05) is 18.2 Å². The molecule has 5 aromatic rings. The lowest BCUT2D eigenvalue weighted by Gasteiger charge is -2.15. The fraction of sp³-hybridized carbons (Fsp3) is 0.185. The molecule has 36 heavy (non-hydrogen) atoms. The summed E-state index contributed by atoms with van der Waals surface area (Å²) in [5.74, 6) is 1.23. The first-order chi connectivity index (χ1) is 17.6. The van der Waals surface area contributed by atoms with Crippen molar-refractivity contribution in [1.29, 1.82) is 0 Å². The van der Waals surface area contributed by atoms with E-state index in [2.05, 4.69) is 24.8 Å². The van der Waals surface area contributed by atoms with Crippen LogP contribution in [0.2, 0.25) is 0 Å². The van der Waals surface area contributed by atoms with Crippen LogP contribution in [0.25, 0.3) is 28.2 Å². The summed E-state index contributed by atoms with van der Waals surface area (Å²) in [5, 5.41) is 2.93. The Bertz CT molecular complexity index is 1590. The third-order valence-electron chi connectivity index (χ3n) is 6.45. The van der Waals surface area contributed by atoms with E-state index in [1.807, 2.05) is 48.5 Å². The molecule has 1 aliphatic rings. The number of methoxy groups -OCH3 is 1. The Kier molecular flexibility index (Phi) is 5.37. The number of oxazole rings is 1. The van der Waals surface area contributed by atoms with Crippen LogP contribution in [0.3, 0.4) is 0 Å². The maximum Gasteiger partial charge on any atom is 0.230 e. The van der Waals surface area contributed by atoms with E-state index in [1.165, 1.54) is 23.8 Å². The third kappa shape index (κ3) is 3.74. The van der Waals surface area contributed by atoms with Crippen LogP contribution in [0.4, 0.5) is 11.5 Å². The number of aromatic nitrogens is 4. The van der Waals surface area contributed by atoms with Crippen LogP contribution < -0.4 is 15.8 Å². The smallest absolute Gasteiger partial charge is 0.230 e. The standard InChI is InChI=1S/C27H24N6O3/c1-35-22-13-18(33-21-9-5-8-19(21)24-25(33)26(28)30-15-29-24)10-11-20(22)32-23(34)12-17-14-36-27(31-17)16-6-3-2-4-7-16/h2-4,6-7,10-11,13-15H,5,8-9,12H2,1H3,(H,32,34)(H2,28,29,30). The van der Waals surface area contributed by atoms with Crippen molar-refractivity contribution in [3.8, 4) is 22.9 Å². The number of anilines is 2. The number of fused-ring (bicyclic) bond motifs is 3. The van der Waals surface area contributed by atoms with Gasteiger partial charge in [0.15, 0.2) is 5.82 Å². The molecular weight excluding hydrogens is 456 g/mol. The molecule has 0 spiro atoms. The van der Waals surface area contributed by atoms with Gasteiger partial charge in [0, 0.05) is 23.0 Å². The summed E-state index contributed by atoms with van der Waals surface area (Å²) in [6.45, 7) is 0. The quantitative estimate of drug-likeness (QED) is 0.371. The maximum atomic E-state index is 12.8. The second kappa shape index (κ2) is 8.84. The summed E-state index contributed by atoms with van der Waals surface area (Å²) in [6, 6.07) is 15.2. The van der Waals surface area contributed by atoms with Gasteiger partial charge >= 0.3 is 0 Å². The van der Waals surface area contributed by atoms with E-state index in [0.29, 0.717) is 28.8 Å². The fourth-order valence-corrected chi connectivity index (χ4v) is 4.87. The number of hydrogen-bond acceptors (Lipinski definition) is 7. The van der Waals surface area contributed by atoms with Gasteiger partial charge in [0.25, 0.3) is 0 Å². The highest BCUT2D eigenvalue weighted by Gasteiger charge is 2.25. The Morgan fingerprint density at radius 3 is 2.86 bits per heavy atom. The molecule has 3 heterocycles. The van der Waals surface area contributed by atoms with Gasteiger partial charge in [-0.3, -0.25) is 4.79 Å². The number of carbonyl (C=O) groups excluding carboxylic acids is 1. The van der Waals surface area contributed by atoms with Crippen LogP contribution in [-0.4, -0.2) is 32.5 Å². The van der Waals surface area contributed by atoms with E-state index >= 15 is 0 Å². The first kappa shape index (κ1) is 21.8. The van der Waals surface area contributed by atoms with Crippen molar-refractivity contribution in [2.24, 2.45) is 0 Å². The van der Waals surface area contributed by atoms with Crippen molar-refractivity contribution in [1.82, 2.24) is 19.5 Å². The summed E-state index contributed by atoms with van der Waals surface area (Å²) >= 11 is 0. The second-order valence-corrected chi connectivity index (χ2v) is 8.69. The zero-order chi connectivity index (χ0) is 24.6. The minimum absolute atomic E-state index is 0.0743. The SMILES string of the molecule is COc1cc(-n2c3c(c4ncnc(N)c42)CCC3)ccc1NC(=O)Cc1coc(-c2ccccc2)n1. The second-order valence-electron chi connectivity index (χ2n) is 8.69. The lowest BCUT2D eigenvalue weighted by Crippen LogP contribution is -2.15. The number of ether oxygens (including phenoxy) is 1. The lowest BCUT2D eigenvalue weighted by molar-refractivity contribution is -0.115. The Labute approximate surface area is 207 Å². The molecular formula is C27H24N6O3. The van der Waals surface area contributed by atoms with Gasteiger partial charge in [0.1, 0.15) is 23.9 Å². The van der Waals surface area contributed by atoms with E-state index < -0.39 is 0 Å². The molecule has 3 aromatic heterocycles. The van der Waals surface area contributed by atoms with Gasteiger partial charge in [-0.2, -0.15) is 0 Å². The van der Waals surface area contributed by atoms with Crippen LogP contribution >= 0.6 is 0 Å². The number of hydrogen-bond donors (Lipinski definition) is 2. The highest BCUT2D eigenvalue weighted by atomic mass is 16.5.